The number of carbonyl (C=O) groups is 2. The van der Waals surface area contributed by atoms with Gasteiger partial charge in [-0.25, -0.2) is 4.79 Å². The Bertz CT molecular complexity index is 685. The molecule has 0 saturated carbocycles. The van der Waals surface area contributed by atoms with Crippen LogP contribution in [0.15, 0.2) is 48.5 Å². The molecule has 0 saturated heterocycles. The third-order valence-electron chi connectivity index (χ3n) is 3.14. The lowest BCUT2D eigenvalue weighted by Gasteiger charge is -2.10. The lowest BCUT2D eigenvalue weighted by molar-refractivity contribution is -0.136. The average Bonchev–Trinajstić information content (AvgIpc) is 2.54. The molecule has 1 amide bonds. The van der Waals surface area contributed by atoms with Crippen LogP contribution in [0.1, 0.15) is 17.5 Å². The Morgan fingerprint density at radius 2 is 1.78 bits per heavy atom. The van der Waals surface area contributed by atoms with Gasteiger partial charge in [0.2, 0.25) is 0 Å². The van der Waals surface area contributed by atoms with Crippen LogP contribution in [0.2, 0.25) is 0 Å². The van der Waals surface area contributed by atoms with Crippen molar-refractivity contribution >= 4 is 17.7 Å². The van der Waals surface area contributed by atoms with Gasteiger partial charge in [0.1, 0.15) is 12.4 Å². The Morgan fingerprint density at radius 3 is 2.48 bits per heavy atom. The van der Waals surface area contributed by atoms with E-state index in [1.165, 1.54) is 12.1 Å². The first-order valence-electron chi connectivity index (χ1n) is 7.06. The topological polar surface area (TPSA) is 95.9 Å². The quantitative estimate of drug-likeness (QED) is 0.712. The number of rotatable bonds is 6. The Kier molecular flexibility index (Phi) is 5.57. The molecular weight excluding hydrogens is 298 g/mol. The van der Waals surface area contributed by atoms with E-state index < -0.39 is 12.1 Å². The standard InChI is InChI=1S/C17H17NO5/c19-15-8-6-12(7-9-16(20)21)10-14(15)18-17(22)23-11-13-4-2-1-3-5-13/h1-6,8,10,19H,7,9,11H2,(H,18,22)(H,20,21). The van der Waals surface area contributed by atoms with Crippen LogP contribution in [-0.4, -0.2) is 22.3 Å². The van der Waals surface area contributed by atoms with Crippen LogP contribution in [0.5, 0.6) is 5.75 Å². The number of ether oxygens (including phenoxy) is 1. The van der Waals surface area contributed by atoms with Gasteiger partial charge in [0.25, 0.3) is 0 Å². The highest BCUT2D eigenvalue weighted by Crippen LogP contribution is 2.25. The summed E-state index contributed by atoms with van der Waals surface area (Å²) in [7, 11) is 0. The molecule has 0 bridgehead atoms. The average molecular weight is 315 g/mol. The minimum absolute atomic E-state index is 0.0251. The summed E-state index contributed by atoms with van der Waals surface area (Å²) in [4.78, 5) is 22.4. The van der Waals surface area contributed by atoms with Crippen LogP contribution < -0.4 is 5.32 Å². The molecule has 0 aliphatic carbocycles. The van der Waals surface area contributed by atoms with Crippen LogP contribution in [0.3, 0.4) is 0 Å². The van der Waals surface area contributed by atoms with Crippen molar-refractivity contribution in [3.8, 4) is 5.75 Å². The number of aryl methyl sites for hydroxylation is 1. The lowest BCUT2D eigenvalue weighted by atomic mass is 10.1. The van der Waals surface area contributed by atoms with E-state index in [1.807, 2.05) is 30.3 Å². The summed E-state index contributed by atoms with van der Waals surface area (Å²) >= 11 is 0. The largest absolute Gasteiger partial charge is 0.506 e. The first-order chi connectivity index (χ1) is 11.0. The van der Waals surface area contributed by atoms with E-state index >= 15 is 0 Å². The van der Waals surface area contributed by atoms with Crippen molar-refractivity contribution in [2.24, 2.45) is 0 Å². The monoisotopic (exact) mass is 315 g/mol. The molecule has 0 aliphatic heterocycles. The summed E-state index contributed by atoms with van der Waals surface area (Å²) in [5.74, 6) is -1.02. The van der Waals surface area contributed by atoms with Gasteiger partial charge >= 0.3 is 12.1 Å². The number of carbonyl (C=O) groups excluding carboxylic acids is 1. The van der Waals surface area contributed by atoms with Crippen LogP contribution in [-0.2, 0) is 22.6 Å². The van der Waals surface area contributed by atoms with Gasteiger partial charge < -0.3 is 14.9 Å². The van der Waals surface area contributed by atoms with Crippen LogP contribution in [0.4, 0.5) is 10.5 Å². The molecule has 2 aromatic rings. The molecule has 120 valence electrons. The zero-order chi connectivity index (χ0) is 16.7. The van der Waals surface area contributed by atoms with E-state index in [-0.39, 0.29) is 24.5 Å². The van der Waals surface area contributed by atoms with E-state index in [0.717, 1.165) is 5.56 Å². The van der Waals surface area contributed by atoms with E-state index in [9.17, 15) is 14.7 Å². The van der Waals surface area contributed by atoms with Crippen molar-refractivity contribution in [1.29, 1.82) is 0 Å². The number of nitrogens with one attached hydrogen (secondary N) is 1. The third kappa shape index (κ3) is 5.35. The fourth-order valence-corrected chi connectivity index (χ4v) is 1.96. The normalized spacial score (nSPS) is 10.1. The van der Waals surface area contributed by atoms with Gasteiger partial charge in [-0.1, -0.05) is 36.4 Å². The van der Waals surface area contributed by atoms with Gasteiger partial charge in [0.05, 0.1) is 5.69 Å². The smallest absolute Gasteiger partial charge is 0.412 e. The fourth-order valence-electron chi connectivity index (χ4n) is 1.96. The number of aromatic hydroxyl groups is 1. The van der Waals surface area contributed by atoms with Crippen LogP contribution in [0.25, 0.3) is 0 Å². The zero-order valence-corrected chi connectivity index (χ0v) is 12.4. The second-order valence-corrected chi connectivity index (χ2v) is 4.93. The maximum Gasteiger partial charge on any atom is 0.412 e. The van der Waals surface area contributed by atoms with Crippen molar-refractivity contribution in [2.75, 3.05) is 5.32 Å². The Balaban J connectivity index is 1.94. The molecule has 23 heavy (non-hydrogen) atoms. The number of hydrogen-bond acceptors (Lipinski definition) is 4. The number of benzene rings is 2. The second-order valence-electron chi connectivity index (χ2n) is 4.93. The number of anilines is 1. The molecule has 6 nitrogen and oxygen atoms in total. The van der Waals surface area contributed by atoms with E-state index in [0.29, 0.717) is 12.0 Å². The highest BCUT2D eigenvalue weighted by atomic mass is 16.5. The fraction of sp³-hybridized carbons (Fsp3) is 0.176. The first-order valence-corrected chi connectivity index (χ1v) is 7.06. The minimum Gasteiger partial charge on any atom is -0.506 e. The van der Waals surface area contributed by atoms with E-state index in [1.54, 1.807) is 6.07 Å². The van der Waals surface area contributed by atoms with Crippen molar-refractivity contribution in [1.82, 2.24) is 0 Å². The Labute approximate surface area is 133 Å². The summed E-state index contributed by atoms with van der Waals surface area (Å²) in [5.41, 5.74) is 1.73. The van der Waals surface area contributed by atoms with Crippen LogP contribution >= 0.6 is 0 Å². The molecule has 0 radical (unpaired) electrons. The number of aliphatic carboxylic acids is 1. The summed E-state index contributed by atoms with van der Waals surface area (Å²) in [5, 5.41) is 20.9. The summed E-state index contributed by atoms with van der Waals surface area (Å²) in [6.07, 6.45) is -0.411. The molecule has 0 aliphatic rings. The Morgan fingerprint density at radius 1 is 1.04 bits per heavy atom. The summed E-state index contributed by atoms with van der Waals surface area (Å²) < 4.78 is 5.07. The molecule has 0 atom stereocenters. The number of phenols is 1. The van der Waals surface area contributed by atoms with Gasteiger partial charge in [-0.2, -0.15) is 0 Å². The number of phenolic OH excluding ortho intramolecular Hbond substituents is 1. The SMILES string of the molecule is O=C(O)CCc1ccc(O)c(NC(=O)OCc2ccccc2)c1. The van der Waals surface area contributed by atoms with E-state index in [4.69, 9.17) is 9.84 Å². The zero-order valence-electron chi connectivity index (χ0n) is 12.4. The molecule has 0 heterocycles. The minimum atomic E-state index is -0.908. The van der Waals surface area contributed by atoms with Gasteiger partial charge in [-0.05, 0) is 29.7 Å². The number of amides is 1. The maximum atomic E-state index is 11.8. The van der Waals surface area contributed by atoms with Gasteiger partial charge in [0.15, 0.2) is 0 Å². The Hall–Kier alpha value is -3.02. The predicted octanol–water partition coefficient (Wildman–Crippen LogP) is 3.16. The second kappa shape index (κ2) is 7.84. The van der Waals surface area contributed by atoms with Crippen molar-refractivity contribution in [2.45, 2.75) is 19.4 Å². The predicted molar refractivity (Wildman–Crippen MR) is 84.3 cm³/mol. The number of carboxylic acids is 1. The highest BCUT2D eigenvalue weighted by molar-refractivity contribution is 5.86. The molecule has 2 rings (SSSR count). The van der Waals surface area contributed by atoms with Crippen LogP contribution in [0, 0.1) is 0 Å². The maximum absolute atomic E-state index is 11.8. The molecule has 6 heteroatoms. The lowest BCUT2D eigenvalue weighted by Crippen LogP contribution is -2.13. The van der Waals surface area contributed by atoms with Gasteiger partial charge in [-0.3, -0.25) is 10.1 Å². The first kappa shape index (κ1) is 16.4. The highest BCUT2D eigenvalue weighted by Gasteiger charge is 2.09. The number of carboxylic acid groups (broad SMARTS) is 1. The molecule has 0 fully saturated rings. The van der Waals surface area contributed by atoms with E-state index in [2.05, 4.69) is 5.32 Å². The molecule has 0 spiro atoms. The summed E-state index contributed by atoms with van der Waals surface area (Å²) in [6, 6.07) is 13.8. The van der Waals surface area contributed by atoms with Gasteiger partial charge in [0, 0.05) is 6.42 Å². The third-order valence-corrected chi connectivity index (χ3v) is 3.14. The van der Waals surface area contributed by atoms with Crippen molar-refractivity contribution < 1.29 is 24.5 Å². The number of hydrogen-bond donors (Lipinski definition) is 3. The molecule has 0 aromatic heterocycles. The summed E-state index contributed by atoms with van der Waals surface area (Å²) in [6.45, 7) is 0.117. The molecule has 0 unspecified atom stereocenters. The molecular formula is C17H17NO5. The van der Waals surface area contributed by atoms with Gasteiger partial charge in [-0.15, -0.1) is 0 Å². The van der Waals surface area contributed by atoms with Crippen molar-refractivity contribution in [3.05, 3.63) is 59.7 Å². The molecule has 3 N–H and O–H groups in total. The molecule has 2 aromatic carbocycles. The van der Waals surface area contributed by atoms with Crippen molar-refractivity contribution in [3.63, 3.8) is 0 Å².